The Morgan fingerprint density at radius 2 is 1.89 bits per heavy atom. The summed E-state index contributed by atoms with van der Waals surface area (Å²) < 4.78 is 0. The maximum Gasteiger partial charge on any atom is 0.255 e. The van der Waals surface area contributed by atoms with Crippen LogP contribution in [0.25, 0.3) is 0 Å². The van der Waals surface area contributed by atoms with Gasteiger partial charge < -0.3 is 36.8 Å². The minimum Gasteiger partial charge on any atom is -0.510 e. The number of phenols is 1. The van der Waals surface area contributed by atoms with E-state index in [2.05, 4.69) is 9.80 Å². The molecule has 37 heavy (non-hydrogen) atoms. The number of nitrogens with two attached hydrogens (primary N) is 2. The number of hydrogen-bond donors (Lipinski definition) is 6. The van der Waals surface area contributed by atoms with Crippen molar-refractivity contribution in [2.75, 3.05) is 32.1 Å². The van der Waals surface area contributed by atoms with Gasteiger partial charge in [-0.25, -0.2) is 0 Å². The smallest absolute Gasteiger partial charge is 0.255 e. The molecule has 6 atom stereocenters. The zero-order valence-corrected chi connectivity index (χ0v) is 20.6. The van der Waals surface area contributed by atoms with Crippen LogP contribution < -0.4 is 16.4 Å². The van der Waals surface area contributed by atoms with Crippen LogP contribution >= 0.6 is 0 Å². The molecule has 8 N–H and O–H groups in total. The van der Waals surface area contributed by atoms with Gasteiger partial charge in [0.25, 0.3) is 5.91 Å². The molecule has 1 fully saturated rings. The number of Topliss-reactive ketones (excluding diaryl/α,β-unsaturated/α-hetero) is 2. The van der Waals surface area contributed by atoms with Gasteiger partial charge in [0.2, 0.25) is 5.78 Å². The lowest BCUT2D eigenvalue weighted by atomic mass is 9.58. The van der Waals surface area contributed by atoms with Crippen LogP contribution in [0, 0.1) is 17.8 Å². The molecule has 3 aliphatic carbocycles. The Morgan fingerprint density at radius 1 is 1.19 bits per heavy atom. The van der Waals surface area contributed by atoms with Crippen LogP contribution in [0.4, 0.5) is 5.69 Å². The minimum absolute atomic E-state index is 0.00974. The number of phenolic OH excluding ortho intramolecular Hbond substituents is 1. The topological polar surface area (TPSA) is 191 Å². The van der Waals surface area contributed by atoms with E-state index in [-0.39, 0.29) is 35.8 Å². The van der Waals surface area contributed by atoms with E-state index in [4.69, 9.17) is 11.5 Å². The zero-order valence-electron chi connectivity index (χ0n) is 20.6. The number of rotatable bonds is 1. The third-order valence-corrected chi connectivity index (χ3v) is 9.24. The number of amides is 1. The first kappa shape index (κ1) is 24.0. The Kier molecular flexibility index (Phi) is 4.89. The first-order chi connectivity index (χ1) is 17.4. The van der Waals surface area contributed by atoms with Gasteiger partial charge in [-0.3, -0.25) is 19.3 Å². The molecule has 2 heterocycles. The maximum absolute atomic E-state index is 13.8. The van der Waals surface area contributed by atoms with Crippen molar-refractivity contribution in [3.05, 3.63) is 45.4 Å². The molecule has 196 valence electrons. The molecule has 1 aromatic rings. The predicted octanol–water partition coefficient (Wildman–Crippen LogP) is -0.0397. The molecule has 0 bridgehead atoms. The number of carbonyl (C=O) groups excluding carboxylic acids is 3. The number of aliphatic hydroxyl groups excluding tert-OH is 2. The van der Waals surface area contributed by atoms with E-state index in [1.165, 1.54) is 0 Å². The van der Waals surface area contributed by atoms with Crippen LogP contribution in [0.15, 0.2) is 28.7 Å². The van der Waals surface area contributed by atoms with Gasteiger partial charge >= 0.3 is 0 Å². The highest BCUT2D eigenvalue weighted by Crippen LogP contribution is 2.55. The Balaban J connectivity index is 1.53. The third kappa shape index (κ3) is 2.84. The van der Waals surface area contributed by atoms with Crippen molar-refractivity contribution in [2.24, 2.45) is 29.2 Å². The molecule has 1 saturated heterocycles. The highest BCUT2D eigenvalue weighted by molar-refractivity contribution is 6.24. The van der Waals surface area contributed by atoms with Crippen molar-refractivity contribution >= 4 is 23.2 Å². The van der Waals surface area contributed by atoms with Crippen LogP contribution in [0.5, 0.6) is 5.75 Å². The normalized spacial score (nSPS) is 35.1. The summed E-state index contributed by atoms with van der Waals surface area (Å²) in [5, 5.41) is 44.3. The molecule has 1 amide bonds. The molecular formula is C26H30N4O7. The Bertz CT molecular complexity index is 1370. The number of ketones is 2. The number of primary amides is 1. The fourth-order valence-corrected chi connectivity index (χ4v) is 7.63. The lowest BCUT2D eigenvalue weighted by Gasteiger charge is -2.48. The molecule has 0 radical (unpaired) electrons. The lowest BCUT2D eigenvalue weighted by molar-refractivity contribution is -0.145. The number of aromatic hydroxyl groups is 1. The molecular weight excluding hydrogens is 480 g/mol. The van der Waals surface area contributed by atoms with Gasteiger partial charge in [-0.15, -0.1) is 0 Å². The van der Waals surface area contributed by atoms with Gasteiger partial charge in [0.05, 0.1) is 11.6 Å². The molecule has 11 heteroatoms. The van der Waals surface area contributed by atoms with Gasteiger partial charge in [-0.1, -0.05) is 0 Å². The highest BCUT2D eigenvalue weighted by atomic mass is 16.3. The molecule has 0 aromatic heterocycles. The quantitative estimate of drug-likeness (QED) is 0.279. The average molecular weight is 511 g/mol. The van der Waals surface area contributed by atoms with Crippen molar-refractivity contribution < 1.29 is 34.8 Å². The second kappa shape index (κ2) is 7.56. The van der Waals surface area contributed by atoms with Crippen molar-refractivity contribution in [3.63, 3.8) is 0 Å². The number of hydrogen-bond acceptors (Lipinski definition) is 10. The van der Waals surface area contributed by atoms with Crippen molar-refractivity contribution in [3.8, 4) is 5.75 Å². The van der Waals surface area contributed by atoms with Gasteiger partial charge in [0.1, 0.15) is 22.8 Å². The summed E-state index contributed by atoms with van der Waals surface area (Å²) in [5.41, 5.74) is 10.1. The molecule has 2 aliphatic heterocycles. The highest BCUT2D eigenvalue weighted by Gasteiger charge is 2.62. The number of aliphatic hydroxyl groups is 3. The van der Waals surface area contributed by atoms with Crippen molar-refractivity contribution in [1.82, 2.24) is 4.90 Å². The van der Waals surface area contributed by atoms with Crippen LogP contribution in [0.3, 0.4) is 0 Å². The molecule has 6 rings (SSSR count). The molecule has 5 aliphatic rings. The van der Waals surface area contributed by atoms with Gasteiger partial charge in [-0.05, 0) is 61.9 Å². The molecule has 0 saturated carbocycles. The molecule has 2 unspecified atom stereocenters. The number of likely N-dealkylation sites (tertiary alicyclic amines) is 1. The standard InChI is InChI=1S/C26H30N4O7/c1-29-4-3-9-8-30(2)20-11-5-10-6-13-18(27)22(33)17(25(28)36)24(35)26(13,37)23(34)15(10)21(32)16(11)14(31)7-12(20)19(9)29/h7,9-10,13,18-19,31,33-34,37H,3-6,8,27H2,1-2H3,(H2,28,36)/t9?,10-,13-,18-,19?,26-/m0/s1. The Hall–Kier alpha value is -3.41. The van der Waals surface area contributed by atoms with Crippen LogP contribution in [-0.2, 0) is 16.0 Å². The first-order valence-corrected chi connectivity index (χ1v) is 12.4. The third-order valence-electron chi connectivity index (χ3n) is 9.24. The first-order valence-electron chi connectivity index (χ1n) is 12.4. The van der Waals surface area contributed by atoms with E-state index in [1.807, 2.05) is 14.1 Å². The van der Waals surface area contributed by atoms with E-state index in [0.29, 0.717) is 11.5 Å². The van der Waals surface area contributed by atoms with E-state index in [1.54, 1.807) is 6.07 Å². The number of benzene rings is 1. The van der Waals surface area contributed by atoms with E-state index in [9.17, 15) is 34.8 Å². The van der Waals surface area contributed by atoms with Gasteiger partial charge in [0.15, 0.2) is 11.4 Å². The van der Waals surface area contributed by atoms with Crippen LogP contribution in [0.2, 0.25) is 0 Å². The average Bonchev–Trinajstić information content (AvgIpc) is 3.19. The zero-order chi connectivity index (χ0) is 26.7. The van der Waals surface area contributed by atoms with Crippen molar-refractivity contribution in [1.29, 1.82) is 0 Å². The Morgan fingerprint density at radius 3 is 2.57 bits per heavy atom. The van der Waals surface area contributed by atoms with Crippen LogP contribution in [-0.4, -0.2) is 81.6 Å². The Labute approximate surface area is 212 Å². The van der Waals surface area contributed by atoms with Crippen LogP contribution in [0.1, 0.15) is 40.4 Å². The number of fused-ring (bicyclic) bond motifs is 7. The number of nitrogens with zero attached hydrogens (tertiary/aromatic N) is 2. The maximum atomic E-state index is 13.8. The fourth-order valence-electron chi connectivity index (χ4n) is 7.63. The van der Waals surface area contributed by atoms with Gasteiger partial charge in [-0.2, -0.15) is 0 Å². The summed E-state index contributed by atoms with van der Waals surface area (Å²) in [5.74, 6) is -6.58. The summed E-state index contributed by atoms with van der Waals surface area (Å²) in [4.78, 5) is 43.2. The molecule has 11 nitrogen and oxygen atoms in total. The fraction of sp³-hybridized carbons (Fsp3) is 0.500. The second-order valence-corrected chi connectivity index (χ2v) is 11.1. The SMILES string of the molecule is CN1CC2CCN(C)C2c2cc(O)c3c(c21)C[C@H]1C[C@H]2[C@H](N)C(O)=C(C(N)=O)C(=O)[C@@]2(O)C(O)=C1C3=O. The molecule has 1 aromatic carbocycles. The summed E-state index contributed by atoms with van der Waals surface area (Å²) in [6.07, 6.45) is 1.27. The summed E-state index contributed by atoms with van der Waals surface area (Å²) in [6.45, 7) is 1.72. The lowest BCUT2D eigenvalue weighted by Crippen LogP contribution is -2.63. The van der Waals surface area contributed by atoms with E-state index >= 15 is 0 Å². The van der Waals surface area contributed by atoms with E-state index < -0.39 is 58.0 Å². The summed E-state index contributed by atoms with van der Waals surface area (Å²) in [7, 11) is 4.01. The largest absolute Gasteiger partial charge is 0.510 e. The van der Waals surface area contributed by atoms with Gasteiger partial charge in [0, 0.05) is 36.8 Å². The predicted molar refractivity (Wildman–Crippen MR) is 131 cm³/mol. The monoisotopic (exact) mass is 510 g/mol. The summed E-state index contributed by atoms with van der Waals surface area (Å²) in [6, 6.07) is 0.365. The number of allylic oxidation sites excluding steroid dienone is 1. The number of anilines is 1. The number of carbonyl (C=O) groups is 3. The minimum atomic E-state index is -2.70. The second-order valence-electron chi connectivity index (χ2n) is 11.1. The summed E-state index contributed by atoms with van der Waals surface area (Å²) >= 11 is 0. The van der Waals surface area contributed by atoms with E-state index in [0.717, 1.165) is 30.8 Å². The molecule has 0 spiro atoms. The van der Waals surface area contributed by atoms with Crippen molar-refractivity contribution in [2.45, 2.75) is 36.9 Å².